The van der Waals surface area contributed by atoms with E-state index in [1.54, 1.807) is 12.1 Å². The molecule has 0 aliphatic rings. The highest BCUT2D eigenvalue weighted by atomic mass is 35.5. The maximum Gasteiger partial charge on any atom is 0.136 e. The Labute approximate surface area is 122 Å². The van der Waals surface area contributed by atoms with E-state index in [0.717, 1.165) is 5.56 Å². The van der Waals surface area contributed by atoms with Crippen molar-refractivity contribution in [2.75, 3.05) is 5.73 Å². The molecule has 1 heterocycles. The number of rotatable bonds is 1. The zero-order valence-corrected chi connectivity index (χ0v) is 12.5. The summed E-state index contributed by atoms with van der Waals surface area (Å²) in [6.07, 6.45) is 0. The van der Waals surface area contributed by atoms with E-state index in [4.69, 9.17) is 28.9 Å². The van der Waals surface area contributed by atoms with Crippen molar-refractivity contribution in [1.29, 1.82) is 0 Å². The lowest BCUT2D eigenvalue weighted by molar-refractivity contribution is 0.547. The fourth-order valence-corrected chi connectivity index (χ4v) is 2.04. The summed E-state index contributed by atoms with van der Waals surface area (Å²) in [7, 11) is 0. The van der Waals surface area contributed by atoms with Crippen molar-refractivity contribution in [1.82, 2.24) is 9.97 Å². The van der Waals surface area contributed by atoms with Crippen LogP contribution in [0.25, 0.3) is 11.3 Å². The molecule has 2 rings (SSSR count). The average Bonchev–Trinajstić information content (AvgIpc) is 2.31. The summed E-state index contributed by atoms with van der Waals surface area (Å²) in [4.78, 5) is 8.82. The monoisotopic (exact) mass is 295 g/mol. The largest absolute Gasteiger partial charge is 0.384 e. The number of aromatic nitrogens is 2. The first-order valence-electron chi connectivity index (χ1n) is 5.88. The van der Waals surface area contributed by atoms with E-state index in [-0.39, 0.29) is 5.41 Å². The van der Waals surface area contributed by atoms with Gasteiger partial charge in [-0.15, -0.1) is 0 Å². The normalized spacial score (nSPS) is 11.6. The minimum atomic E-state index is -0.185. The molecule has 0 unspecified atom stereocenters. The van der Waals surface area contributed by atoms with Crippen molar-refractivity contribution in [2.24, 2.45) is 0 Å². The van der Waals surface area contributed by atoms with Crippen LogP contribution >= 0.6 is 23.2 Å². The highest BCUT2D eigenvalue weighted by Crippen LogP contribution is 2.33. The van der Waals surface area contributed by atoms with Crippen molar-refractivity contribution in [2.45, 2.75) is 26.2 Å². The van der Waals surface area contributed by atoms with E-state index < -0.39 is 0 Å². The predicted octanol–water partition coefficient (Wildman–Crippen LogP) is 4.33. The maximum atomic E-state index is 6.21. The van der Waals surface area contributed by atoms with Crippen LogP contribution in [-0.2, 0) is 5.41 Å². The summed E-state index contributed by atoms with van der Waals surface area (Å²) in [5.41, 5.74) is 7.11. The summed E-state index contributed by atoms with van der Waals surface area (Å²) in [5, 5.41) is 0.968. The summed E-state index contributed by atoms with van der Waals surface area (Å²) in [5.74, 6) is 1.10. The number of halogens is 2. The van der Waals surface area contributed by atoms with Gasteiger partial charge in [0, 0.05) is 17.0 Å². The van der Waals surface area contributed by atoms with Gasteiger partial charge >= 0.3 is 0 Å². The summed E-state index contributed by atoms with van der Waals surface area (Å²) >= 11 is 12.2. The van der Waals surface area contributed by atoms with E-state index in [0.29, 0.717) is 27.4 Å². The van der Waals surface area contributed by atoms with E-state index >= 15 is 0 Å². The summed E-state index contributed by atoms with van der Waals surface area (Å²) < 4.78 is 0. The fraction of sp³-hybridized carbons (Fsp3) is 0.286. The molecule has 1 aromatic heterocycles. The number of hydrogen-bond acceptors (Lipinski definition) is 3. The molecule has 1 aromatic carbocycles. The molecule has 19 heavy (non-hydrogen) atoms. The third-order valence-electron chi connectivity index (χ3n) is 2.64. The second-order valence-electron chi connectivity index (χ2n) is 5.35. The second kappa shape index (κ2) is 4.99. The second-order valence-corrected chi connectivity index (χ2v) is 6.14. The van der Waals surface area contributed by atoms with Crippen molar-refractivity contribution in [3.05, 3.63) is 40.1 Å². The van der Waals surface area contributed by atoms with Gasteiger partial charge in [0.1, 0.15) is 11.6 Å². The van der Waals surface area contributed by atoms with Crippen LogP contribution in [0.15, 0.2) is 24.3 Å². The smallest absolute Gasteiger partial charge is 0.136 e. The summed E-state index contributed by atoms with van der Waals surface area (Å²) in [6, 6.07) is 7.14. The topological polar surface area (TPSA) is 51.8 Å². The van der Waals surface area contributed by atoms with E-state index in [1.165, 1.54) is 0 Å². The number of benzene rings is 1. The van der Waals surface area contributed by atoms with Gasteiger partial charge < -0.3 is 5.73 Å². The Kier molecular flexibility index (Phi) is 3.70. The lowest BCUT2D eigenvalue weighted by Crippen LogP contribution is -2.17. The number of nitrogen functional groups attached to an aromatic ring is 1. The number of nitrogens with zero attached hydrogens (tertiary/aromatic N) is 2. The van der Waals surface area contributed by atoms with Crippen LogP contribution in [0.1, 0.15) is 26.6 Å². The molecule has 2 N–H and O–H groups in total. The zero-order chi connectivity index (χ0) is 14.2. The van der Waals surface area contributed by atoms with Crippen LogP contribution in [0.4, 0.5) is 5.82 Å². The quantitative estimate of drug-likeness (QED) is 0.852. The lowest BCUT2D eigenvalue weighted by atomic mass is 9.95. The molecule has 100 valence electrons. The molecule has 0 saturated carbocycles. The molecule has 0 atom stereocenters. The van der Waals surface area contributed by atoms with Crippen LogP contribution in [0.3, 0.4) is 0 Å². The lowest BCUT2D eigenvalue weighted by Gasteiger charge is -2.18. The van der Waals surface area contributed by atoms with E-state index in [2.05, 4.69) is 9.97 Å². The molecule has 2 aromatic rings. The van der Waals surface area contributed by atoms with Gasteiger partial charge in [-0.1, -0.05) is 56.1 Å². The fourth-order valence-electron chi connectivity index (χ4n) is 1.64. The van der Waals surface area contributed by atoms with Gasteiger partial charge in [0.25, 0.3) is 0 Å². The maximum absolute atomic E-state index is 6.21. The molecular formula is C14H15Cl2N3. The molecule has 0 spiro atoms. The minimum absolute atomic E-state index is 0.185. The van der Waals surface area contributed by atoms with E-state index in [1.807, 2.05) is 32.9 Å². The third-order valence-corrected chi connectivity index (χ3v) is 3.46. The van der Waals surface area contributed by atoms with Gasteiger partial charge in [0.15, 0.2) is 0 Å². The van der Waals surface area contributed by atoms with Gasteiger partial charge in [-0.25, -0.2) is 9.97 Å². The molecule has 0 bridgehead atoms. The number of nitrogens with two attached hydrogens (primary N) is 1. The molecule has 0 fully saturated rings. The molecule has 0 aliphatic carbocycles. The number of hydrogen-bond donors (Lipinski definition) is 1. The minimum Gasteiger partial charge on any atom is -0.384 e. The van der Waals surface area contributed by atoms with Gasteiger partial charge in [0.2, 0.25) is 0 Å². The first-order valence-corrected chi connectivity index (χ1v) is 6.64. The Morgan fingerprint density at radius 1 is 1.11 bits per heavy atom. The predicted molar refractivity (Wildman–Crippen MR) is 80.6 cm³/mol. The average molecular weight is 296 g/mol. The first kappa shape index (κ1) is 14.1. The Morgan fingerprint density at radius 2 is 1.79 bits per heavy atom. The first-order chi connectivity index (χ1) is 8.79. The van der Waals surface area contributed by atoms with E-state index in [9.17, 15) is 0 Å². The molecule has 0 saturated heterocycles. The SMILES string of the molecule is CC(C)(C)c1nc(N)cc(-c2cccc(Cl)c2Cl)n1. The number of anilines is 1. The Bertz CT molecular complexity index is 619. The Balaban J connectivity index is 2.63. The van der Waals surface area contributed by atoms with Crippen molar-refractivity contribution >= 4 is 29.0 Å². The Morgan fingerprint density at radius 3 is 2.42 bits per heavy atom. The van der Waals surface area contributed by atoms with Gasteiger partial charge in [-0.05, 0) is 6.07 Å². The molecule has 5 heteroatoms. The van der Waals surface area contributed by atoms with Gasteiger partial charge in [-0.3, -0.25) is 0 Å². The third kappa shape index (κ3) is 2.99. The van der Waals surface area contributed by atoms with Crippen molar-refractivity contribution in [3.63, 3.8) is 0 Å². The van der Waals surface area contributed by atoms with Crippen LogP contribution in [0.2, 0.25) is 10.0 Å². The molecule has 3 nitrogen and oxygen atoms in total. The van der Waals surface area contributed by atoms with Crippen molar-refractivity contribution in [3.8, 4) is 11.3 Å². The van der Waals surface area contributed by atoms with Crippen LogP contribution in [-0.4, -0.2) is 9.97 Å². The van der Waals surface area contributed by atoms with Gasteiger partial charge in [0.05, 0.1) is 15.7 Å². The highest BCUT2D eigenvalue weighted by Gasteiger charge is 2.20. The Hall–Kier alpha value is -1.32. The molecule has 0 radical (unpaired) electrons. The summed E-state index contributed by atoms with van der Waals surface area (Å²) in [6.45, 7) is 6.10. The highest BCUT2D eigenvalue weighted by molar-refractivity contribution is 6.43. The van der Waals surface area contributed by atoms with Gasteiger partial charge in [-0.2, -0.15) is 0 Å². The standard InChI is InChI=1S/C14H15Cl2N3/c1-14(2,3)13-18-10(7-11(17)19-13)8-5-4-6-9(15)12(8)16/h4-7H,1-3H3,(H2,17,18,19). The zero-order valence-electron chi connectivity index (χ0n) is 11.0. The molecular weight excluding hydrogens is 281 g/mol. The molecule has 0 aliphatic heterocycles. The van der Waals surface area contributed by atoms with Crippen LogP contribution in [0, 0.1) is 0 Å². The van der Waals surface area contributed by atoms with Crippen LogP contribution < -0.4 is 5.73 Å². The van der Waals surface area contributed by atoms with Crippen molar-refractivity contribution < 1.29 is 0 Å². The molecule has 0 amide bonds. The van der Waals surface area contributed by atoms with Crippen LogP contribution in [0.5, 0.6) is 0 Å².